The molecule has 0 spiro atoms. The largest absolute Gasteiger partial charge is 0.391 e. The molecule has 1 aromatic carbocycles. The summed E-state index contributed by atoms with van der Waals surface area (Å²) in [4.78, 5) is 13.1. The number of β-amino-alcohol motifs (C(OH)–C–C–N with tert-alkyl or cyclic N) is 1. The average molecular weight is 274 g/mol. The van der Waals surface area contributed by atoms with Gasteiger partial charge in [-0.15, -0.1) is 0 Å². The fraction of sp³-hybridized carbons (Fsp3) is 0.417. The number of rotatable bonds is 3. The van der Waals surface area contributed by atoms with Crippen molar-refractivity contribution >= 4 is 29.1 Å². The third kappa shape index (κ3) is 2.92. The molecule has 1 saturated heterocycles. The van der Waals surface area contributed by atoms with Crippen molar-refractivity contribution in [1.29, 1.82) is 0 Å². The number of carbonyl (C=O) groups excluding carboxylic acids is 1. The van der Waals surface area contributed by atoms with Crippen molar-refractivity contribution in [3.8, 4) is 0 Å². The van der Waals surface area contributed by atoms with Gasteiger partial charge in [0.1, 0.15) is 0 Å². The Hall–Kier alpha value is -0.770. The molecule has 92 valence electrons. The smallest absolute Gasteiger partial charge is 0.225 e. The molecule has 1 aliphatic rings. The van der Waals surface area contributed by atoms with E-state index in [0.29, 0.717) is 29.6 Å². The highest BCUT2D eigenvalue weighted by atomic mass is 35.5. The molecular weight excluding hydrogens is 261 g/mol. The predicted molar refractivity (Wildman–Crippen MR) is 67.4 cm³/mol. The summed E-state index contributed by atoms with van der Waals surface area (Å²) in [5, 5.41) is 10.4. The summed E-state index contributed by atoms with van der Waals surface area (Å²) in [7, 11) is 0. The van der Waals surface area contributed by atoms with Gasteiger partial charge in [0.2, 0.25) is 5.91 Å². The first-order valence-corrected chi connectivity index (χ1v) is 6.22. The molecule has 1 aromatic rings. The zero-order valence-corrected chi connectivity index (χ0v) is 10.7. The maximum Gasteiger partial charge on any atom is 0.225 e. The van der Waals surface area contributed by atoms with Crippen LogP contribution in [0.3, 0.4) is 0 Å². The normalized spacial score (nSPS) is 20.1. The van der Waals surface area contributed by atoms with E-state index in [-0.39, 0.29) is 12.3 Å². The van der Waals surface area contributed by atoms with Crippen molar-refractivity contribution < 1.29 is 9.90 Å². The number of aliphatic hydroxyl groups excluding tert-OH is 1. The van der Waals surface area contributed by atoms with E-state index in [4.69, 9.17) is 23.2 Å². The lowest BCUT2D eigenvalue weighted by atomic mass is 10.1. The van der Waals surface area contributed by atoms with Crippen molar-refractivity contribution in [1.82, 2.24) is 4.90 Å². The number of hydrogen-bond donors (Lipinski definition) is 1. The maximum atomic E-state index is 11.5. The molecule has 0 aliphatic carbocycles. The van der Waals surface area contributed by atoms with E-state index in [1.807, 2.05) is 12.1 Å². The predicted octanol–water partition coefficient (Wildman–Crippen LogP) is 2.13. The number of amides is 1. The second-order valence-electron chi connectivity index (χ2n) is 4.16. The SMILES string of the molecule is O=C1CC(O)CN1CCc1cccc(Cl)c1Cl. The van der Waals surface area contributed by atoms with Crippen LogP contribution in [-0.2, 0) is 11.2 Å². The van der Waals surface area contributed by atoms with E-state index in [2.05, 4.69) is 0 Å². The highest BCUT2D eigenvalue weighted by Gasteiger charge is 2.27. The van der Waals surface area contributed by atoms with Gasteiger partial charge in [-0.3, -0.25) is 4.79 Å². The van der Waals surface area contributed by atoms with Gasteiger partial charge in [-0.05, 0) is 18.1 Å². The summed E-state index contributed by atoms with van der Waals surface area (Å²) in [6.45, 7) is 0.979. The van der Waals surface area contributed by atoms with Crippen LogP contribution in [0.15, 0.2) is 18.2 Å². The number of hydrogen-bond acceptors (Lipinski definition) is 2. The fourth-order valence-electron chi connectivity index (χ4n) is 1.96. The Morgan fingerprint density at radius 1 is 1.41 bits per heavy atom. The molecule has 1 atom stereocenters. The molecule has 0 bridgehead atoms. The standard InChI is InChI=1S/C12H13Cl2NO2/c13-10-3-1-2-8(12(10)14)4-5-15-7-9(16)6-11(15)17/h1-3,9,16H,4-7H2. The van der Waals surface area contributed by atoms with Crippen molar-refractivity contribution in [3.05, 3.63) is 33.8 Å². The van der Waals surface area contributed by atoms with Crippen LogP contribution >= 0.6 is 23.2 Å². The Morgan fingerprint density at radius 2 is 2.18 bits per heavy atom. The first kappa shape index (κ1) is 12.7. The van der Waals surface area contributed by atoms with Crippen molar-refractivity contribution in [3.63, 3.8) is 0 Å². The van der Waals surface area contributed by atoms with E-state index in [9.17, 15) is 9.90 Å². The lowest BCUT2D eigenvalue weighted by molar-refractivity contribution is -0.127. The summed E-state index contributed by atoms with van der Waals surface area (Å²) in [5.41, 5.74) is 0.924. The first-order chi connectivity index (χ1) is 8.08. The van der Waals surface area contributed by atoms with Crippen molar-refractivity contribution in [2.75, 3.05) is 13.1 Å². The highest BCUT2D eigenvalue weighted by molar-refractivity contribution is 6.42. The molecule has 17 heavy (non-hydrogen) atoms. The van der Waals surface area contributed by atoms with Gasteiger partial charge in [-0.25, -0.2) is 0 Å². The lowest BCUT2D eigenvalue weighted by Gasteiger charge is -2.16. The quantitative estimate of drug-likeness (QED) is 0.917. The minimum Gasteiger partial charge on any atom is -0.391 e. The third-order valence-corrected chi connectivity index (χ3v) is 3.73. The van der Waals surface area contributed by atoms with Gasteiger partial charge in [-0.1, -0.05) is 35.3 Å². The molecule has 2 rings (SSSR count). The van der Waals surface area contributed by atoms with Crippen LogP contribution in [0.4, 0.5) is 0 Å². The summed E-state index contributed by atoms with van der Waals surface area (Å²) in [5.74, 6) is -0.00403. The number of halogens is 2. The summed E-state index contributed by atoms with van der Waals surface area (Å²) in [6, 6.07) is 5.47. The minimum atomic E-state index is -0.530. The molecular formula is C12H13Cl2NO2. The average Bonchev–Trinajstić information content (AvgIpc) is 2.60. The molecule has 1 heterocycles. The number of likely N-dealkylation sites (tertiary alicyclic amines) is 1. The van der Waals surface area contributed by atoms with Gasteiger partial charge in [0, 0.05) is 13.1 Å². The van der Waals surface area contributed by atoms with Crippen LogP contribution in [0.25, 0.3) is 0 Å². The van der Waals surface area contributed by atoms with E-state index in [0.717, 1.165) is 5.56 Å². The zero-order valence-electron chi connectivity index (χ0n) is 9.20. The highest BCUT2D eigenvalue weighted by Crippen LogP contribution is 2.26. The minimum absolute atomic E-state index is 0.00403. The molecule has 5 heteroatoms. The topological polar surface area (TPSA) is 40.5 Å². The first-order valence-electron chi connectivity index (χ1n) is 5.46. The second-order valence-corrected chi connectivity index (χ2v) is 4.95. The van der Waals surface area contributed by atoms with Crippen LogP contribution in [0, 0.1) is 0 Å². The Balaban J connectivity index is 1.98. The molecule has 1 N–H and O–H groups in total. The van der Waals surface area contributed by atoms with E-state index >= 15 is 0 Å². The molecule has 3 nitrogen and oxygen atoms in total. The van der Waals surface area contributed by atoms with Crippen LogP contribution in [0.5, 0.6) is 0 Å². The van der Waals surface area contributed by atoms with E-state index in [1.54, 1.807) is 11.0 Å². The number of benzene rings is 1. The van der Waals surface area contributed by atoms with Crippen LogP contribution in [-0.4, -0.2) is 35.1 Å². The van der Waals surface area contributed by atoms with Gasteiger partial charge in [0.25, 0.3) is 0 Å². The molecule has 0 radical (unpaired) electrons. The number of aliphatic hydroxyl groups is 1. The third-order valence-electron chi connectivity index (χ3n) is 2.88. The number of nitrogens with zero attached hydrogens (tertiary/aromatic N) is 1. The monoisotopic (exact) mass is 273 g/mol. The molecule has 1 unspecified atom stereocenters. The Labute approximate surface area is 110 Å². The summed E-state index contributed by atoms with van der Waals surface area (Å²) >= 11 is 12.0. The Bertz CT molecular complexity index is 437. The van der Waals surface area contributed by atoms with Crippen LogP contribution in [0.2, 0.25) is 10.0 Å². The van der Waals surface area contributed by atoms with Crippen LogP contribution in [0.1, 0.15) is 12.0 Å². The lowest BCUT2D eigenvalue weighted by Crippen LogP contribution is -2.28. The van der Waals surface area contributed by atoms with Gasteiger partial charge < -0.3 is 10.0 Å². The maximum absolute atomic E-state index is 11.5. The van der Waals surface area contributed by atoms with Crippen LogP contribution < -0.4 is 0 Å². The van der Waals surface area contributed by atoms with E-state index in [1.165, 1.54) is 0 Å². The Kier molecular flexibility index (Phi) is 3.92. The second kappa shape index (κ2) is 5.25. The molecule has 1 fully saturated rings. The van der Waals surface area contributed by atoms with Gasteiger partial charge in [0.05, 0.1) is 22.6 Å². The number of carbonyl (C=O) groups is 1. The summed E-state index contributed by atoms with van der Waals surface area (Å²) in [6.07, 6.45) is 0.346. The Morgan fingerprint density at radius 3 is 2.82 bits per heavy atom. The molecule has 0 aromatic heterocycles. The van der Waals surface area contributed by atoms with Gasteiger partial charge in [0.15, 0.2) is 0 Å². The van der Waals surface area contributed by atoms with Gasteiger partial charge in [-0.2, -0.15) is 0 Å². The molecule has 1 aliphatic heterocycles. The van der Waals surface area contributed by atoms with Gasteiger partial charge >= 0.3 is 0 Å². The zero-order chi connectivity index (χ0) is 12.4. The summed E-state index contributed by atoms with van der Waals surface area (Å²) < 4.78 is 0. The molecule has 1 amide bonds. The van der Waals surface area contributed by atoms with E-state index < -0.39 is 6.10 Å². The molecule has 0 saturated carbocycles. The van der Waals surface area contributed by atoms with Crippen molar-refractivity contribution in [2.45, 2.75) is 18.9 Å². The van der Waals surface area contributed by atoms with Crippen molar-refractivity contribution in [2.24, 2.45) is 0 Å². The fourth-order valence-corrected chi connectivity index (χ4v) is 2.38.